The number of carbonyl (C=O) groups excluding carboxylic acids is 1. The van der Waals surface area contributed by atoms with E-state index in [9.17, 15) is 9.18 Å². The van der Waals surface area contributed by atoms with Gasteiger partial charge in [0.1, 0.15) is 5.82 Å². The molecule has 2 aromatic heterocycles. The summed E-state index contributed by atoms with van der Waals surface area (Å²) >= 11 is 0. The van der Waals surface area contributed by atoms with Crippen LogP contribution in [0.15, 0.2) is 67.0 Å². The molecule has 2 N–H and O–H groups in total. The highest BCUT2D eigenvalue weighted by Crippen LogP contribution is 2.30. The maximum absolute atomic E-state index is 13.2. The number of hydrogen-bond donors (Lipinski definition) is 2. The third-order valence-corrected chi connectivity index (χ3v) is 4.86. The summed E-state index contributed by atoms with van der Waals surface area (Å²) in [7, 11) is 0. The number of halogens is 1. The molecule has 4 nitrogen and oxygen atoms in total. The molecule has 0 radical (unpaired) electrons. The zero-order valence-corrected chi connectivity index (χ0v) is 15.5. The Morgan fingerprint density at radius 1 is 1.04 bits per heavy atom. The van der Waals surface area contributed by atoms with E-state index in [0.717, 1.165) is 38.9 Å². The first-order chi connectivity index (χ1) is 13.6. The molecule has 0 aliphatic rings. The van der Waals surface area contributed by atoms with Crippen LogP contribution in [-0.4, -0.2) is 15.9 Å². The number of H-pyrrole nitrogens is 1. The summed E-state index contributed by atoms with van der Waals surface area (Å²) in [5, 5.41) is 4.06. The molecule has 1 amide bonds. The smallest absolute Gasteiger partial charge is 0.224 e. The number of aryl methyl sites for hydroxylation is 1. The zero-order chi connectivity index (χ0) is 19.5. The Kier molecular flexibility index (Phi) is 4.89. The molecule has 140 valence electrons. The molecule has 4 rings (SSSR count). The minimum atomic E-state index is -0.248. The molecule has 2 aromatic carbocycles. The number of fused-ring (bicyclic) bond motifs is 1. The van der Waals surface area contributed by atoms with Crippen molar-refractivity contribution in [2.24, 2.45) is 0 Å². The monoisotopic (exact) mass is 373 g/mol. The Hall–Kier alpha value is -3.47. The van der Waals surface area contributed by atoms with Crippen molar-refractivity contribution in [1.82, 2.24) is 15.3 Å². The molecule has 0 aliphatic heterocycles. The number of aromatic nitrogens is 2. The molecule has 28 heavy (non-hydrogen) atoms. The van der Waals surface area contributed by atoms with Crippen LogP contribution in [0.4, 0.5) is 4.39 Å². The van der Waals surface area contributed by atoms with Gasteiger partial charge < -0.3 is 10.3 Å². The lowest BCUT2D eigenvalue weighted by molar-refractivity contribution is -0.120. The Labute approximate surface area is 162 Å². The van der Waals surface area contributed by atoms with Gasteiger partial charge in [-0.2, -0.15) is 0 Å². The number of rotatable bonds is 5. The van der Waals surface area contributed by atoms with E-state index in [2.05, 4.69) is 21.4 Å². The van der Waals surface area contributed by atoms with Crippen molar-refractivity contribution in [2.75, 3.05) is 0 Å². The maximum Gasteiger partial charge on any atom is 0.224 e. The lowest BCUT2D eigenvalue weighted by Gasteiger charge is -2.06. The van der Waals surface area contributed by atoms with Gasteiger partial charge in [-0.1, -0.05) is 6.07 Å². The average molecular weight is 373 g/mol. The lowest BCUT2D eigenvalue weighted by Crippen LogP contribution is -2.24. The molecule has 0 atom stereocenters. The first kappa shape index (κ1) is 17.9. The summed E-state index contributed by atoms with van der Waals surface area (Å²) in [6, 6.07) is 16.2. The van der Waals surface area contributed by atoms with Crippen molar-refractivity contribution in [3.8, 4) is 11.3 Å². The van der Waals surface area contributed by atoms with Gasteiger partial charge in [0.05, 0.1) is 6.42 Å². The van der Waals surface area contributed by atoms with Crippen molar-refractivity contribution < 1.29 is 9.18 Å². The molecule has 0 bridgehead atoms. The van der Waals surface area contributed by atoms with Crippen LogP contribution in [0.1, 0.15) is 16.7 Å². The van der Waals surface area contributed by atoms with Gasteiger partial charge in [0, 0.05) is 35.5 Å². The van der Waals surface area contributed by atoms with E-state index < -0.39 is 0 Å². The van der Waals surface area contributed by atoms with Crippen LogP contribution in [-0.2, 0) is 17.8 Å². The zero-order valence-electron chi connectivity index (χ0n) is 15.5. The van der Waals surface area contributed by atoms with E-state index in [4.69, 9.17) is 0 Å². The van der Waals surface area contributed by atoms with E-state index >= 15 is 0 Å². The second-order valence-electron chi connectivity index (χ2n) is 6.82. The van der Waals surface area contributed by atoms with Crippen LogP contribution >= 0.6 is 0 Å². The van der Waals surface area contributed by atoms with E-state index in [1.54, 1.807) is 24.5 Å². The van der Waals surface area contributed by atoms with Gasteiger partial charge >= 0.3 is 0 Å². The molecule has 0 unspecified atom stereocenters. The van der Waals surface area contributed by atoms with Crippen molar-refractivity contribution in [1.29, 1.82) is 0 Å². The van der Waals surface area contributed by atoms with E-state index in [1.165, 1.54) is 12.1 Å². The summed E-state index contributed by atoms with van der Waals surface area (Å²) in [6.07, 6.45) is 3.70. The van der Waals surface area contributed by atoms with Crippen LogP contribution in [0, 0.1) is 12.7 Å². The average Bonchev–Trinajstić information content (AvgIpc) is 3.04. The Morgan fingerprint density at radius 2 is 1.79 bits per heavy atom. The normalized spacial score (nSPS) is 10.9. The second kappa shape index (κ2) is 7.64. The molecule has 2 heterocycles. The number of pyridine rings is 1. The summed E-state index contributed by atoms with van der Waals surface area (Å²) in [4.78, 5) is 19.5. The SMILES string of the molecule is Cc1c(-c2ccc(F)cc2)[nH]c2ccc(CNC(=O)Cc3ccncc3)cc12. The van der Waals surface area contributed by atoms with Crippen LogP contribution < -0.4 is 5.32 Å². The molecule has 0 saturated carbocycles. The molecule has 0 fully saturated rings. The van der Waals surface area contributed by atoms with Gasteiger partial charge in [0.2, 0.25) is 5.91 Å². The van der Waals surface area contributed by atoms with Crippen LogP contribution in [0.5, 0.6) is 0 Å². The van der Waals surface area contributed by atoms with E-state index in [-0.39, 0.29) is 11.7 Å². The highest BCUT2D eigenvalue weighted by atomic mass is 19.1. The first-order valence-electron chi connectivity index (χ1n) is 9.13. The molecule has 0 spiro atoms. The number of aromatic amines is 1. The standard InChI is InChI=1S/C23H20FN3O/c1-15-20-12-17(14-26-22(28)13-16-8-10-25-11-9-16)2-7-21(20)27-23(15)18-3-5-19(24)6-4-18/h2-12,27H,13-14H2,1H3,(H,26,28). The quantitative estimate of drug-likeness (QED) is 0.540. The van der Waals surface area contributed by atoms with Crippen LogP contribution in [0.2, 0.25) is 0 Å². The van der Waals surface area contributed by atoms with Crippen molar-refractivity contribution >= 4 is 16.8 Å². The van der Waals surface area contributed by atoms with Crippen molar-refractivity contribution in [2.45, 2.75) is 19.9 Å². The minimum Gasteiger partial charge on any atom is -0.354 e. The molecule has 4 aromatic rings. The third-order valence-electron chi connectivity index (χ3n) is 4.86. The predicted octanol–water partition coefficient (Wildman–Crippen LogP) is 4.54. The van der Waals surface area contributed by atoms with Crippen molar-refractivity contribution in [3.63, 3.8) is 0 Å². The Morgan fingerprint density at radius 3 is 2.54 bits per heavy atom. The van der Waals surface area contributed by atoms with Gasteiger partial charge in [-0.05, 0) is 77.7 Å². The third kappa shape index (κ3) is 3.78. The molecule has 5 heteroatoms. The van der Waals surface area contributed by atoms with E-state index in [1.807, 2.05) is 31.2 Å². The number of benzene rings is 2. The topological polar surface area (TPSA) is 57.8 Å². The molecule has 0 saturated heterocycles. The number of nitrogens with zero attached hydrogens (tertiary/aromatic N) is 1. The van der Waals surface area contributed by atoms with Crippen LogP contribution in [0.3, 0.4) is 0 Å². The van der Waals surface area contributed by atoms with Gasteiger partial charge in [-0.25, -0.2) is 4.39 Å². The van der Waals surface area contributed by atoms with E-state index in [0.29, 0.717) is 13.0 Å². The maximum atomic E-state index is 13.2. The fourth-order valence-corrected chi connectivity index (χ4v) is 3.34. The second-order valence-corrected chi connectivity index (χ2v) is 6.82. The minimum absolute atomic E-state index is 0.0240. The fourth-order valence-electron chi connectivity index (χ4n) is 3.34. The highest BCUT2D eigenvalue weighted by Gasteiger charge is 2.11. The number of hydrogen-bond acceptors (Lipinski definition) is 2. The highest BCUT2D eigenvalue weighted by molar-refractivity contribution is 5.91. The summed E-state index contributed by atoms with van der Waals surface area (Å²) < 4.78 is 13.2. The molecule has 0 aliphatic carbocycles. The van der Waals surface area contributed by atoms with Gasteiger partial charge in [-0.3, -0.25) is 9.78 Å². The van der Waals surface area contributed by atoms with Gasteiger partial charge in [-0.15, -0.1) is 0 Å². The summed E-state index contributed by atoms with van der Waals surface area (Å²) in [6.45, 7) is 2.51. The largest absolute Gasteiger partial charge is 0.354 e. The Bertz CT molecular complexity index is 1120. The number of carbonyl (C=O) groups is 1. The van der Waals surface area contributed by atoms with Gasteiger partial charge in [0.15, 0.2) is 0 Å². The first-order valence-corrected chi connectivity index (χ1v) is 9.13. The predicted molar refractivity (Wildman–Crippen MR) is 108 cm³/mol. The molecular weight excluding hydrogens is 353 g/mol. The van der Waals surface area contributed by atoms with Crippen LogP contribution in [0.25, 0.3) is 22.2 Å². The summed E-state index contributed by atoms with van der Waals surface area (Å²) in [5.41, 5.74) is 6.02. The Balaban J connectivity index is 1.50. The number of amides is 1. The molecular formula is C23H20FN3O. The lowest BCUT2D eigenvalue weighted by atomic mass is 10.0. The summed E-state index contributed by atoms with van der Waals surface area (Å²) in [5.74, 6) is -0.272. The fraction of sp³-hybridized carbons (Fsp3) is 0.130. The van der Waals surface area contributed by atoms with Gasteiger partial charge in [0.25, 0.3) is 0 Å². The number of nitrogens with one attached hydrogen (secondary N) is 2. The van der Waals surface area contributed by atoms with Crippen molar-refractivity contribution in [3.05, 3.63) is 89.5 Å².